The van der Waals surface area contributed by atoms with Gasteiger partial charge in [-0.05, 0) is 51.3 Å². The lowest BCUT2D eigenvalue weighted by atomic mass is 9.88. The van der Waals surface area contributed by atoms with Gasteiger partial charge in [-0.25, -0.2) is 0 Å². The molecule has 1 aromatic rings. The maximum absolute atomic E-state index is 5.99. The molecule has 2 heterocycles. The number of nitrogens with zero attached hydrogens (tertiary/aromatic N) is 1. The fourth-order valence-corrected chi connectivity index (χ4v) is 4.06. The van der Waals surface area contributed by atoms with Gasteiger partial charge in [-0.3, -0.25) is 4.90 Å². The fraction of sp³-hybridized carbons (Fsp3) is 0.733. The van der Waals surface area contributed by atoms with Crippen LogP contribution in [-0.4, -0.2) is 24.0 Å². The molecule has 3 unspecified atom stereocenters. The molecule has 0 amide bonds. The van der Waals surface area contributed by atoms with Crippen LogP contribution in [0.5, 0.6) is 0 Å². The van der Waals surface area contributed by atoms with Gasteiger partial charge < -0.3 is 5.73 Å². The maximum Gasteiger partial charge on any atom is 0.0416 e. The molecule has 1 aliphatic rings. The van der Waals surface area contributed by atoms with Crippen molar-refractivity contribution in [2.75, 3.05) is 13.1 Å². The lowest BCUT2D eigenvalue weighted by molar-refractivity contribution is 0.0787. The van der Waals surface area contributed by atoms with Crippen LogP contribution < -0.4 is 5.73 Å². The van der Waals surface area contributed by atoms with E-state index in [0.717, 1.165) is 12.5 Å². The zero-order chi connectivity index (χ0) is 13.1. The molecule has 2 rings (SSSR count). The number of thiophene rings is 1. The van der Waals surface area contributed by atoms with Crippen LogP contribution in [0.15, 0.2) is 12.1 Å². The first-order valence-electron chi connectivity index (χ1n) is 7.17. The number of aryl methyl sites for hydroxylation is 1. The van der Waals surface area contributed by atoms with E-state index in [4.69, 9.17) is 5.73 Å². The summed E-state index contributed by atoms with van der Waals surface area (Å²) < 4.78 is 0. The van der Waals surface area contributed by atoms with E-state index in [1.807, 2.05) is 11.3 Å². The molecule has 3 heteroatoms. The van der Waals surface area contributed by atoms with E-state index in [2.05, 4.69) is 37.8 Å². The van der Waals surface area contributed by atoms with Gasteiger partial charge in [0.2, 0.25) is 0 Å². The molecule has 0 spiro atoms. The number of hydrogen-bond donors (Lipinski definition) is 1. The Labute approximate surface area is 115 Å². The molecular formula is C15H26N2S. The monoisotopic (exact) mass is 266 g/mol. The topological polar surface area (TPSA) is 29.3 Å². The van der Waals surface area contributed by atoms with E-state index in [1.165, 1.54) is 35.6 Å². The van der Waals surface area contributed by atoms with Crippen molar-refractivity contribution in [1.82, 2.24) is 4.90 Å². The predicted molar refractivity (Wildman–Crippen MR) is 80.0 cm³/mol. The molecule has 3 atom stereocenters. The molecular weight excluding hydrogens is 240 g/mol. The van der Waals surface area contributed by atoms with E-state index in [-0.39, 0.29) is 0 Å². The van der Waals surface area contributed by atoms with Crippen LogP contribution in [0.3, 0.4) is 0 Å². The lowest BCUT2D eigenvalue weighted by Crippen LogP contribution is -2.47. The van der Waals surface area contributed by atoms with Crippen molar-refractivity contribution in [3.63, 3.8) is 0 Å². The highest BCUT2D eigenvalue weighted by Crippen LogP contribution is 2.34. The van der Waals surface area contributed by atoms with Crippen LogP contribution in [0.2, 0.25) is 0 Å². The second-order valence-electron chi connectivity index (χ2n) is 5.55. The third-order valence-corrected chi connectivity index (χ3v) is 5.56. The molecule has 1 fully saturated rings. The minimum atomic E-state index is 0.523. The lowest BCUT2D eigenvalue weighted by Gasteiger charge is -2.42. The Balaban J connectivity index is 2.07. The van der Waals surface area contributed by atoms with E-state index in [1.54, 1.807) is 0 Å². The summed E-state index contributed by atoms with van der Waals surface area (Å²) in [4.78, 5) is 5.52. The van der Waals surface area contributed by atoms with Crippen LogP contribution in [0.4, 0.5) is 0 Å². The minimum Gasteiger partial charge on any atom is -0.329 e. The summed E-state index contributed by atoms with van der Waals surface area (Å²) in [5, 5.41) is 0. The Morgan fingerprint density at radius 2 is 2.28 bits per heavy atom. The van der Waals surface area contributed by atoms with Gasteiger partial charge in [0.05, 0.1) is 0 Å². The second kappa shape index (κ2) is 6.18. The van der Waals surface area contributed by atoms with Gasteiger partial charge in [-0.1, -0.05) is 13.3 Å². The van der Waals surface area contributed by atoms with Gasteiger partial charge in [0.1, 0.15) is 0 Å². The number of nitrogens with two attached hydrogens (primary N) is 1. The summed E-state index contributed by atoms with van der Waals surface area (Å²) in [6.07, 6.45) is 3.92. The predicted octanol–water partition coefficient (Wildman–Crippen LogP) is 3.57. The summed E-state index contributed by atoms with van der Waals surface area (Å²) in [6, 6.07) is 5.60. The third kappa shape index (κ3) is 2.95. The summed E-state index contributed by atoms with van der Waals surface area (Å²) in [5.41, 5.74) is 5.99. The number of piperidine rings is 1. The molecule has 0 radical (unpaired) electrons. The van der Waals surface area contributed by atoms with Crippen LogP contribution in [0, 0.1) is 12.8 Å². The van der Waals surface area contributed by atoms with Crippen molar-refractivity contribution in [1.29, 1.82) is 0 Å². The van der Waals surface area contributed by atoms with Gasteiger partial charge in [0.25, 0.3) is 0 Å². The number of hydrogen-bond acceptors (Lipinski definition) is 3. The average Bonchev–Trinajstić information content (AvgIpc) is 2.83. The molecule has 102 valence electrons. The fourth-order valence-electron chi connectivity index (χ4n) is 3.11. The van der Waals surface area contributed by atoms with Crippen molar-refractivity contribution in [2.24, 2.45) is 11.7 Å². The highest BCUT2D eigenvalue weighted by molar-refractivity contribution is 7.12. The van der Waals surface area contributed by atoms with Gasteiger partial charge in [-0.2, -0.15) is 0 Å². The standard InChI is InChI=1S/C15H26N2S/c1-4-13-7-8-17(14(9-13)10-16)12(3)15-6-5-11(2)18-15/h5-6,12-14H,4,7-10,16H2,1-3H3. The zero-order valence-corrected chi connectivity index (χ0v) is 12.7. The average molecular weight is 266 g/mol. The molecule has 18 heavy (non-hydrogen) atoms. The zero-order valence-electron chi connectivity index (χ0n) is 11.9. The van der Waals surface area contributed by atoms with Crippen LogP contribution in [0.1, 0.15) is 48.9 Å². The quantitative estimate of drug-likeness (QED) is 0.903. The van der Waals surface area contributed by atoms with E-state index in [0.29, 0.717) is 12.1 Å². The highest BCUT2D eigenvalue weighted by atomic mass is 32.1. The molecule has 2 nitrogen and oxygen atoms in total. The van der Waals surface area contributed by atoms with Crippen LogP contribution in [-0.2, 0) is 0 Å². The minimum absolute atomic E-state index is 0.523. The third-order valence-electron chi connectivity index (χ3n) is 4.39. The largest absolute Gasteiger partial charge is 0.329 e. The highest BCUT2D eigenvalue weighted by Gasteiger charge is 2.30. The van der Waals surface area contributed by atoms with Crippen LogP contribution in [0.25, 0.3) is 0 Å². The van der Waals surface area contributed by atoms with Gasteiger partial charge in [0, 0.05) is 28.4 Å². The Morgan fingerprint density at radius 3 is 2.83 bits per heavy atom. The molecule has 1 aromatic heterocycles. The molecule has 1 aliphatic heterocycles. The molecule has 0 bridgehead atoms. The number of likely N-dealkylation sites (tertiary alicyclic amines) is 1. The summed E-state index contributed by atoms with van der Waals surface area (Å²) >= 11 is 1.93. The van der Waals surface area contributed by atoms with E-state index >= 15 is 0 Å². The van der Waals surface area contributed by atoms with Crippen molar-refractivity contribution in [2.45, 2.75) is 52.1 Å². The first-order chi connectivity index (χ1) is 8.65. The Bertz CT molecular complexity index is 374. The molecule has 2 N–H and O–H groups in total. The van der Waals surface area contributed by atoms with Crippen molar-refractivity contribution >= 4 is 11.3 Å². The smallest absolute Gasteiger partial charge is 0.0416 e. The summed E-state index contributed by atoms with van der Waals surface area (Å²) in [5.74, 6) is 0.882. The summed E-state index contributed by atoms with van der Waals surface area (Å²) in [7, 11) is 0. The Hall–Kier alpha value is -0.380. The molecule has 0 saturated carbocycles. The van der Waals surface area contributed by atoms with Gasteiger partial charge in [-0.15, -0.1) is 11.3 Å². The normalized spacial score (nSPS) is 27.3. The molecule has 1 saturated heterocycles. The first-order valence-corrected chi connectivity index (χ1v) is 7.99. The Morgan fingerprint density at radius 1 is 1.50 bits per heavy atom. The molecule has 0 aliphatic carbocycles. The van der Waals surface area contributed by atoms with Gasteiger partial charge in [0.15, 0.2) is 0 Å². The van der Waals surface area contributed by atoms with E-state index in [9.17, 15) is 0 Å². The molecule has 0 aromatic carbocycles. The van der Waals surface area contributed by atoms with Crippen LogP contribution >= 0.6 is 11.3 Å². The van der Waals surface area contributed by atoms with Crippen molar-refractivity contribution < 1.29 is 0 Å². The van der Waals surface area contributed by atoms with Gasteiger partial charge >= 0.3 is 0 Å². The maximum atomic E-state index is 5.99. The number of rotatable bonds is 4. The van der Waals surface area contributed by atoms with Crippen molar-refractivity contribution in [3.8, 4) is 0 Å². The second-order valence-corrected chi connectivity index (χ2v) is 6.87. The van der Waals surface area contributed by atoms with Crippen molar-refractivity contribution in [3.05, 3.63) is 21.9 Å². The SMILES string of the molecule is CCC1CCN(C(C)c2ccc(C)s2)C(CN)C1. The first kappa shape index (κ1) is 14.0. The summed E-state index contributed by atoms with van der Waals surface area (Å²) in [6.45, 7) is 8.83. The Kier molecular flexibility index (Phi) is 4.82. The van der Waals surface area contributed by atoms with E-state index < -0.39 is 0 Å².